The highest BCUT2D eigenvalue weighted by Gasteiger charge is 2.23. The van der Waals surface area contributed by atoms with Crippen LogP contribution in [0.3, 0.4) is 0 Å². The number of nitrogens with one attached hydrogen (secondary N) is 1. The molecule has 0 saturated carbocycles. The molecule has 4 aromatic heterocycles. The lowest BCUT2D eigenvalue weighted by Gasteiger charge is -2.23. The van der Waals surface area contributed by atoms with Crippen molar-refractivity contribution in [2.24, 2.45) is 7.05 Å². The van der Waals surface area contributed by atoms with Crippen LogP contribution in [0.25, 0.3) is 34.3 Å². The van der Waals surface area contributed by atoms with Gasteiger partial charge in [-0.3, -0.25) is 19.7 Å². The van der Waals surface area contributed by atoms with Gasteiger partial charge in [-0.25, -0.2) is 4.68 Å². The molecule has 184 valence electrons. The van der Waals surface area contributed by atoms with E-state index in [-0.39, 0.29) is 12.7 Å². The summed E-state index contributed by atoms with van der Waals surface area (Å²) in [7, 11) is 3.97. The van der Waals surface area contributed by atoms with E-state index in [1.54, 1.807) is 4.68 Å². The fourth-order valence-corrected chi connectivity index (χ4v) is 4.88. The summed E-state index contributed by atoms with van der Waals surface area (Å²) in [5.41, 5.74) is 7.39. The fraction of sp³-hybridized carbons (Fsp3) is 0.440. The summed E-state index contributed by atoms with van der Waals surface area (Å²) in [6, 6.07) is 2.04. The van der Waals surface area contributed by atoms with E-state index >= 15 is 0 Å². The molecule has 10 heteroatoms. The number of pyridine rings is 1. The highest BCUT2D eigenvalue weighted by Crippen LogP contribution is 2.34. The molecule has 0 saturated heterocycles. The van der Waals surface area contributed by atoms with Crippen LogP contribution in [0.1, 0.15) is 42.2 Å². The smallest absolute Gasteiger partial charge is 0.221 e. The van der Waals surface area contributed by atoms with Gasteiger partial charge in [-0.05, 0) is 45.5 Å². The van der Waals surface area contributed by atoms with Crippen LogP contribution in [-0.2, 0) is 26.6 Å². The molecule has 0 aliphatic carbocycles. The van der Waals surface area contributed by atoms with Gasteiger partial charge in [0.25, 0.3) is 0 Å². The predicted molar refractivity (Wildman–Crippen MR) is 135 cm³/mol. The molecule has 2 bridgehead atoms. The Morgan fingerprint density at radius 1 is 1.23 bits per heavy atom. The van der Waals surface area contributed by atoms with Gasteiger partial charge in [0.05, 0.1) is 58.9 Å². The van der Waals surface area contributed by atoms with E-state index in [1.165, 1.54) is 0 Å². The molecule has 10 nitrogen and oxygen atoms in total. The van der Waals surface area contributed by atoms with E-state index in [0.717, 1.165) is 56.9 Å². The van der Waals surface area contributed by atoms with Crippen LogP contribution in [0.15, 0.2) is 12.3 Å². The van der Waals surface area contributed by atoms with Crippen LogP contribution in [0.5, 0.6) is 5.88 Å². The molecule has 1 unspecified atom stereocenters. The quantitative estimate of drug-likeness (QED) is 0.468. The van der Waals surface area contributed by atoms with Crippen LogP contribution >= 0.6 is 0 Å². The molecule has 0 fully saturated rings. The number of aromatic amines is 1. The van der Waals surface area contributed by atoms with E-state index < -0.39 is 0 Å². The average Bonchev–Trinajstić information content (AvgIpc) is 3.45. The van der Waals surface area contributed by atoms with E-state index in [0.29, 0.717) is 25.5 Å². The van der Waals surface area contributed by atoms with Gasteiger partial charge >= 0.3 is 0 Å². The molecule has 1 aliphatic heterocycles. The average molecular weight is 477 g/mol. The third kappa shape index (κ3) is 4.23. The first-order chi connectivity index (χ1) is 16.9. The Morgan fingerprint density at radius 2 is 2.06 bits per heavy atom. The zero-order valence-corrected chi connectivity index (χ0v) is 20.9. The predicted octanol–water partition coefficient (Wildman–Crippen LogP) is 2.80. The second-order valence-electron chi connectivity index (χ2n) is 9.18. The molecular weight excluding hydrogens is 444 g/mol. The number of nitrogens with zero attached hydrogens (tertiary/aromatic N) is 7. The van der Waals surface area contributed by atoms with Crippen molar-refractivity contribution < 1.29 is 9.84 Å². The summed E-state index contributed by atoms with van der Waals surface area (Å²) >= 11 is 0. The molecule has 5 heterocycles. The second-order valence-corrected chi connectivity index (χ2v) is 9.18. The van der Waals surface area contributed by atoms with Crippen molar-refractivity contribution in [1.82, 2.24) is 39.6 Å². The van der Waals surface area contributed by atoms with Gasteiger partial charge < -0.3 is 9.84 Å². The summed E-state index contributed by atoms with van der Waals surface area (Å²) in [6.45, 7) is 8.00. The first-order valence-corrected chi connectivity index (χ1v) is 12.0. The highest BCUT2D eigenvalue weighted by atomic mass is 16.5. The lowest BCUT2D eigenvalue weighted by molar-refractivity contribution is 0.146. The zero-order valence-electron chi connectivity index (χ0n) is 20.9. The molecule has 0 aromatic carbocycles. The minimum Gasteiger partial charge on any atom is -0.473 e. The van der Waals surface area contributed by atoms with E-state index in [2.05, 4.69) is 47.2 Å². The maximum atomic E-state index is 9.65. The van der Waals surface area contributed by atoms with Gasteiger partial charge in [-0.1, -0.05) is 6.92 Å². The zero-order chi connectivity index (χ0) is 24.7. The molecule has 2 N–H and O–H groups in total. The number of aromatic nitrogens is 7. The number of ether oxygens (including phenoxy) is 1. The third-order valence-corrected chi connectivity index (χ3v) is 6.43. The van der Waals surface area contributed by atoms with Crippen LogP contribution < -0.4 is 4.74 Å². The number of aliphatic hydroxyl groups excluding tert-OH is 1. The number of rotatable bonds is 3. The van der Waals surface area contributed by atoms with Crippen molar-refractivity contribution in [1.29, 1.82) is 0 Å². The van der Waals surface area contributed by atoms with Gasteiger partial charge in [-0.2, -0.15) is 15.3 Å². The van der Waals surface area contributed by atoms with E-state index in [4.69, 9.17) is 14.8 Å². The number of fused-ring (bicyclic) bond motifs is 4. The number of aryl methyl sites for hydroxylation is 3. The minimum atomic E-state index is -0.0919. The molecule has 35 heavy (non-hydrogen) atoms. The maximum Gasteiger partial charge on any atom is 0.221 e. The Balaban J connectivity index is 1.71. The summed E-state index contributed by atoms with van der Waals surface area (Å²) in [5, 5.41) is 27.7. The van der Waals surface area contributed by atoms with Gasteiger partial charge in [0.15, 0.2) is 0 Å². The second kappa shape index (κ2) is 9.27. The summed E-state index contributed by atoms with van der Waals surface area (Å²) in [6.07, 6.45) is 6.64. The van der Waals surface area contributed by atoms with Crippen molar-refractivity contribution >= 4 is 23.1 Å². The number of hydrogen-bond acceptors (Lipinski definition) is 7. The normalized spacial score (nSPS) is 17.6. The molecule has 4 aromatic rings. The van der Waals surface area contributed by atoms with E-state index in [1.807, 2.05) is 37.0 Å². The fourth-order valence-electron chi connectivity index (χ4n) is 4.88. The lowest BCUT2D eigenvalue weighted by atomic mass is 10.1. The molecule has 0 amide bonds. The largest absolute Gasteiger partial charge is 0.473 e. The van der Waals surface area contributed by atoms with E-state index in [9.17, 15) is 5.11 Å². The molecule has 1 aliphatic rings. The number of likely N-dealkylation sites (N-methyl/N-ethyl adjacent to an activating group) is 1. The summed E-state index contributed by atoms with van der Waals surface area (Å²) in [4.78, 5) is 6.92. The lowest BCUT2D eigenvalue weighted by Crippen LogP contribution is -2.32. The molecule has 0 radical (unpaired) electrons. The molecule has 1 atom stereocenters. The van der Waals surface area contributed by atoms with Crippen LogP contribution in [-0.4, -0.2) is 71.1 Å². The number of H-pyrrole nitrogens is 1. The summed E-state index contributed by atoms with van der Waals surface area (Å²) < 4.78 is 10.2. The molecular formula is C25H32N8O2. The van der Waals surface area contributed by atoms with Crippen molar-refractivity contribution in [2.45, 2.75) is 46.4 Å². The van der Waals surface area contributed by atoms with Gasteiger partial charge in [0.1, 0.15) is 6.10 Å². The Hall–Kier alpha value is -3.50. The van der Waals surface area contributed by atoms with Crippen LogP contribution in [0.2, 0.25) is 0 Å². The van der Waals surface area contributed by atoms with Crippen LogP contribution in [0, 0.1) is 6.92 Å². The number of aliphatic hydroxyl groups is 1. The number of hydrogen-bond donors (Lipinski definition) is 2. The van der Waals surface area contributed by atoms with Gasteiger partial charge in [0, 0.05) is 31.1 Å². The first-order valence-electron chi connectivity index (χ1n) is 12.0. The standard InChI is InChI=1S/C25H32N8O2/c1-6-19-17-7-8-20-18-11-21(26-12-22(18)28-27-20)24-16(3)29-32(5)25(24)35-15(2)13-31(4)14-23(17)33(30-19)9-10-34/h7-8,11-12,15,34H,6,9-10,13-14H2,1-5H3,(H,27,28)/b8-7+. The maximum absolute atomic E-state index is 9.65. The van der Waals surface area contributed by atoms with Crippen molar-refractivity contribution in [3.63, 3.8) is 0 Å². The highest BCUT2D eigenvalue weighted by molar-refractivity contribution is 5.92. The van der Waals surface area contributed by atoms with Crippen molar-refractivity contribution in [3.05, 3.63) is 40.6 Å². The van der Waals surface area contributed by atoms with Crippen molar-refractivity contribution in [3.8, 4) is 17.1 Å². The Labute approximate surface area is 204 Å². The summed E-state index contributed by atoms with van der Waals surface area (Å²) in [5.74, 6) is 0.699. The Bertz CT molecular complexity index is 1400. The third-order valence-electron chi connectivity index (χ3n) is 6.43. The molecule has 5 rings (SSSR count). The first kappa shape index (κ1) is 23.3. The van der Waals surface area contributed by atoms with Crippen LogP contribution in [0.4, 0.5) is 0 Å². The monoisotopic (exact) mass is 476 g/mol. The topological polar surface area (TPSA) is 110 Å². The minimum absolute atomic E-state index is 0.0343. The SMILES string of the molecule is CCc1nn(CCO)c2c1/C=C/c1n[nH]c3cnc(cc13)-c1c(C)nn(C)c1OC(C)CN(C)C2. The Morgan fingerprint density at radius 3 is 2.83 bits per heavy atom. The van der Waals surface area contributed by atoms with Gasteiger partial charge in [-0.15, -0.1) is 0 Å². The Kier molecular flexibility index (Phi) is 6.16. The molecule has 0 spiro atoms. The van der Waals surface area contributed by atoms with Crippen molar-refractivity contribution in [2.75, 3.05) is 20.2 Å². The van der Waals surface area contributed by atoms with Gasteiger partial charge in [0.2, 0.25) is 5.88 Å².